The van der Waals surface area contributed by atoms with Gasteiger partial charge in [0.1, 0.15) is 5.82 Å². The molecule has 2 aromatic carbocycles. The van der Waals surface area contributed by atoms with Gasteiger partial charge >= 0.3 is 0 Å². The van der Waals surface area contributed by atoms with Crippen LogP contribution in [0.5, 0.6) is 0 Å². The zero-order chi connectivity index (χ0) is 13.3. The molecule has 0 saturated carbocycles. The van der Waals surface area contributed by atoms with E-state index in [1.807, 2.05) is 26.0 Å². The highest BCUT2D eigenvalue weighted by molar-refractivity contribution is 9.10. The Morgan fingerprint density at radius 2 is 1.50 bits per heavy atom. The Balaban J connectivity index is 2.46. The summed E-state index contributed by atoms with van der Waals surface area (Å²) in [6.07, 6.45) is 0. The molecule has 2 aromatic rings. The fourth-order valence-corrected chi connectivity index (χ4v) is 3.41. The molecule has 0 aromatic heterocycles. The van der Waals surface area contributed by atoms with Crippen molar-refractivity contribution in [3.63, 3.8) is 0 Å². The van der Waals surface area contributed by atoms with Crippen LogP contribution in [0, 0.1) is 19.7 Å². The van der Waals surface area contributed by atoms with E-state index in [9.17, 15) is 4.39 Å². The van der Waals surface area contributed by atoms with Crippen LogP contribution >= 0.6 is 31.9 Å². The first-order chi connectivity index (χ1) is 8.49. The molecule has 1 unspecified atom stereocenters. The third kappa shape index (κ3) is 2.83. The molecule has 2 rings (SSSR count). The van der Waals surface area contributed by atoms with Gasteiger partial charge in [-0.15, -0.1) is 0 Å². The Morgan fingerprint density at radius 3 is 2.00 bits per heavy atom. The Labute approximate surface area is 123 Å². The zero-order valence-corrected chi connectivity index (χ0v) is 13.3. The summed E-state index contributed by atoms with van der Waals surface area (Å²) in [5.41, 5.74) is 4.24. The average Bonchev–Trinajstić information content (AvgIpc) is 2.28. The first-order valence-electron chi connectivity index (χ1n) is 5.65. The zero-order valence-electron chi connectivity index (χ0n) is 10.2. The number of benzene rings is 2. The summed E-state index contributed by atoms with van der Waals surface area (Å²) in [5.74, 6) is -0.177. The monoisotopic (exact) mass is 370 g/mol. The standard InChI is InChI=1S/C15H13Br2F/c1-9-7-13(18)8-10(2)14(9)15(17)11-3-5-12(16)6-4-11/h3-8,15H,1-2H3. The minimum Gasteiger partial charge on any atom is -0.207 e. The quantitative estimate of drug-likeness (QED) is 0.595. The predicted molar refractivity (Wildman–Crippen MR) is 80.8 cm³/mol. The van der Waals surface area contributed by atoms with Crippen molar-refractivity contribution in [1.82, 2.24) is 0 Å². The molecule has 0 aliphatic rings. The van der Waals surface area contributed by atoms with Crippen molar-refractivity contribution in [2.75, 3.05) is 0 Å². The van der Waals surface area contributed by atoms with Crippen LogP contribution in [0.2, 0.25) is 0 Å². The summed E-state index contributed by atoms with van der Waals surface area (Å²) in [6.45, 7) is 3.89. The number of halogens is 3. The van der Waals surface area contributed by atoms with Crippen LogP contribution in [0.4, 0.5) is 4.39 Å². The van der Waals surface area contributed by atoms with Gasteiger partial charge in [0.2, 0.25) is 0 Å². The first kappa shape index (κ1) is 13.8. The smallest absolute Gasteiger partial charge is 0.123 e. The van der Waals surface area contributed by atoms with Crippen molar-refractivity contribution < 1.29 is 4.39 Å². The molecule has 0 radical (unpaired) electrons. The van der Waals surface area contributed by atoms with E-state index in [1.165, 1.54) is 0 Å². The van der Waals surface area contributed by atoms with Crippen molar-refractivity contribution in [2.24, 2.45) is 0 Å². The van der Waals surface area contributed by atoms with E-state index in [2.05, 4.69) is 44.0 Å². The van der Waals surface area contributed by atoms with Gasteiger partial charge in [0.15, 0.2) is 0 Å². The van der Waals surface area contributed by atoms with E-state index < -0.39 is 0 Å². The van der Waals surface area contributed by atoms with Crippen LogP contribution in [0.1, 0.15) is 27.1 Å². The normalized spacial score (nSPS) is 12.5. The van der Waals surface area contributed by atoms with E-state index in [4.69, 9.17) is 0 Å². The van der Waals surface area contributed by atoms with E-state index in [0.717, 1.165) is 26.7 Å². The van der Waals surface area contributed by atoms with Crippen molar-refractivity contribution in [1.29, 1.82) is 0 Å². The number of rotatable bonds is 2. The van der Waals surface area contributed by atoms with Gasteiger partial charge in [-0.3, -0.25) is 0 Å². The van der Waals surface area contributed by atoms with Crippen molar-refractivity contribution >= 4 is 31.9 Å². The minimum atomic E-state index is -0.177. The SMILES string of the molecule is Cc1cc(F)cc(C)c1C(Br)c1ccc(Br)cc1. The Bertz CT molecular complexity index is 538. The highest BCUT2D eigenvalue weighted by Crippen LogP contribution is 2.35. The minimum absolute atomic E-state index is 0.0891. The molecule has 0 heterocycles. The average molecular weight is 372 g/mol. The summed E-state index contributed by atoms with van der Waals surface area (Å²) in [6, 6.07) is 11.3. The molecule has 0 nitrogen and oxygen atoms in total. The number of hydrogen-bond acceptors (Lipinski definition) is 0. The maximum Gasteiger partial charge on any atom is 0.123 e. The van der Waals surface area contributed by atoms with Gasteiger partial charge in [-0.2, -0.15) is 0 Å². The van der Waals surface area contributed by atoms with E-state index >= 15 is 0 Å². The van der Waals surface area contributed by atoms with Crippen LogP contribution in [-0.4, -0.2) is 0 Å². The van der Waals surface area contributed by atoms with Crippen molar-refractivity contribution in [3.05, 3.63) is 68.9 Å². The maximum absolute atomic E-state index is 13.3. The number of alkyl halides is 1. The lowest BCUT2D eigenvalue weighted by Gasteiger charge is -2.17. The van der Waals surface area contributed by atoms with Crippen molar-refractivity contribution in [2.45, 2.75) is 18.7 Å². The molecule has 0 aliphatic carbocycles. The third-order valence-electron chi connectivity index (χ3n) is 2.97. The maximum atomic E-state index is 13.3. The summed E-state index contributed by atoms with van der Waals surface area (Å²) in [4.78, 5) is 0.0891. The summed E-state index contributed by atoms with van der Waals surface area (Å²) >= 11 is 7.13. The Kier molecular flexibility index (Phi) is 4.23. The van der Waals surface area contributed by atoms with Gasteiger partial charge in [0, 0.05) is 4.47 Å². The van der Waals surface area contributed by atoms with E-state index in [1.54, 1.807) is 12.1 Å². The van der Waals surface area contributed by atoms with Crippen molar-refractivity contribution in [3.8, 4) is 0 Å². The summed E-state index contributed by atoms with van der Waals surface area (Å²) in [7, 11) is 0. The van der Waals surface area contributed by atoms with Gasteiger partial charge in [-0.25, -0.2) is 4.39 Å². The van der Waals surface area contributed by atoms with Gasteiger partial charge in [0.25, 0.3) is 0 Å². The Hall–Kier alpha value is -0.670. The Morgan fingerprint density at radius 1 is 1.00 bits per heavy atom. The lowest BCUT2D eigenvalue weighted by molar-refractivity contribution is 0.624. The van der Waals surface area contributed by atoms with Gasteiger partial charge < -0.3 is 0 Å². The third-order valence-corrected chi connectivity index (χ3v) is 4.49. The first-order valence-corrected chi connectivity index (χ1v) is 7.36. The van der Waals surface area contributed by atoms with Crippen LogP contribution in [0.15, 0.2) is 40.9 Å². The van der Waals surface area contributed by atoms with E-state index in [-0.39, 0.29) is 10.6 Å². The molecule has 0 saturated heterocycles. The van der Waals surface area contributed by atoms with Crippen LogP contribution in [-0.2, 0) is 0 Å². The molecule has 0 spiro atoms. The molecule has 18 heavy (non-hydrogen) atoms. The summed E-state index contributed by atoms with van der Waals surface area (Å²) in [5, 5.41) is 0. The molecule has 0 bridgehead atoms. The number of aryl methyl sites for hydroxylation is 2. The lowest BCUT2D eigenvalue weighted by Crippen LogP contribution is -2.00. The fraction of sp³-hybridized carbons (Fsp3) is 0.200. The molecular weight excluding hydrogens is 359 g/mol. The molecule has 0 N–H and O–H groups in total. The largest absolute Gasteiger partial charge is 0.207 e. The molecule has 3 heteroatoms. The van der Waals surface area contributed by atoms with Gasteiger partial charge in [0.05, 0.1) is 4.83 Å². The highest BCUT2D eigenvalue weighted by Gasteiger charge is 2.16. The van der Waals surface area contributed by atoms with Gasteiger partial charge in [-0.1, -0.05) is 44.0 Å². The second kappa shape index (κ2) is 5.54. The number of hydrogen-bond donors (Lipinski definition) is 0. The molecule has 0 aliphatic heterocycles. The molecule has 1 atom stereocenters. The summed E-state index contributed by atoms with van der Waals surface area (Å²) < 4.78 is 14.4. The molecule has 0 amide bonds. The van der Waals surface area contributed by atoms with Crippen LogP contribution < -0.4 is 0 Å². The van der Waals surface area contributed by atoms with Crippen LogP contribution in [0.25, 0.3) is 0 Å². The predicted octanol–water partition coefficient (Wildman–Crippen LogP) is 5.69. The second-order valence-electron chi connectivity index (χ2n) is 4.37. The highest BCUT2D eigenvalue weighted by atomic mass is 79.9. The van der Waals surface area contributed by atoms with E-state index in [0.29, 0.717) is 0 Å². The topological polar surface area (TPSA) is 0 Å². The molecule has 94 valence electrons. The molecular formula is C15H13Br2F. The van der Waals surface area contributed by atoms with Gasteiger partial charge in [-0.05, 0) is 60.4 Å². The lowest BCUT2D eigenvalue weighted by atomic mass is 9.96. The second-order valence-corrected chi connectivity index (χ2v) is 6.20. The van der Waals surface area contributed by atoms with Crippen LogP contribution in [0.3, 0.4) is 0 Å². The fourth-order valence-electron chi connectivity index (χ4n) is 2.12. The molecule has 0 fully saturated rings.